The van der Waals surface area contributed by atoms with E-state index in [0.717, 1.165) is 13.0 Å². The minimum absolute atomic E-state index is 0.00973. The van der Waals surface area contributed by atoms with E-state index in [1.54, 1.807) is 31.4 Å². The Hall–Kier alpha value is -3.51. The second kappa shape index (κ2) is 9.77. The maximum Gasteiger partial charge on any atom is 0.247 e. The van der Waals surface area contributed by atoms with E-state index in [2.05, 4.69) is 43.9 Å². The quantitative estimate of drug-likeness (QED) is 0.418. The van der Waals surface area contributed by atoms with Crippen LogP contribution in [-0.4, -0.2) is 53.6 Å². The molecule has 0 radical (unpaired) electrons. The Labute approximate surface area is 202 Å². The monoisotopic (exact) mass is 479 g/mol. The number of amides is 1. The Kier molecular flexibility index (Phi) is 6.80. The lowest BCUT2D eigenvalue weighted by Crippen LogP contribution is -2.32. The van der Waals surface area contributed by atoms with Crippen LogP contribution in [0.2, 0.25) is 5.02 Å². The summed E-state index contributed by atoms with van der Waals surface area (Å²) in [4.78, 5) is 22.9. The summed E-state index contributed by atoms with van der Waals surface area (Å²) in [6.45, 7) is 5.07. The molecule has 0 spiro atoms. The van der Waals surface area contributed by atoms with Gasteiger partial charge < -0.3 is 20.3 Å². The van der Waals surface area contributed by atoms with Gasteiger partial charge in [-0.1, -0.05) is 36.1 Å². The molecule has 0 unspecified atom stereocenters. The average Bonchev–Trinajstić information content (AvgIpc) is 3.22. The minimum Gasteiger partial charge on any atom is -0.364 e. The minimum atomic E-state index is -0.593. The lowest BCUT2D eigenvalue weighted by Gasteiger charge is -2.20. The molecule has 1 aliphatic heterocycles. The fourth-order valence-electron chi connectivity index (χ4n) is 3.79. The highest BCUT2D eigenvalue weighted by Crippen LogP contribution is 2.31. The highest BCUT2D eigenvalue weighted by molar-refractivity contribution is 6.31. The first-order valence-corrected chi connectivity index (χ1v) is 10.9. The van der Waals surface area contributed by atoms with Crippen molar-refractivity contribution in [3.05, 3.63) is 65.7 Å². The number of likely N-dealkylation sites (tertiary alicyclic amines) is 1. The number of aromatic nitrogens is 2. The first-order valence-electron chi connectivity index (χ1n) is 10.5. The van der Waals surface area contributed by atoms with Gasteiger partial charge in [0.2, 0.25) is 5.91 Å². The van der Waals surface area contributed by atoms with Crippen LogP contribution in [0.25, 0.3) is 10.9 Å². The molecule has 1 amide bonds. The molecule has 0 aliphatic carbocycles. The molecular weight excluding hydrogens is 457 g/mol. The average molecular weight is 480 g/mol. The number of ether oxygens (including phenoxy) is 1. The van der Waals surface area contributed by atoms with Gasteiger partial charge in [-0.15, -0.1) is 0 Å². The van der Waals surface area contributed by atoms with E-state index >= 15 is 0 Å². The van der Waals surface area contributed by atoms with Crippen LogP contribution in [0, 0.1) is 17.7 Å². The van der Waals surface area contributed by atoms with E-state index in [1.807, 2.05) is 7.05 Å². The molecule has 0 saturated carbocycles. The molecule has 34 heavy (non-hydrogen) atoms. The largest absolute Gasteiger partial charge is 0.364 e. The zero-order valence-corrected chi connectivity index (χ0v) is 19.5. The number of rotatable bonds is 5. The first kappa shape index (κ1) is 23.6. The van der Waals surface area contributed by atoms with E-state index in [-0.39, 0.29) is 10.7 Å². The molecule has 2 N–H and O–H groups in total. The van der Waals surface area contributed by atoms with Gasteiger partial charge >= 0.3 is 0 Å². The normalized spacial score (nSPS) is 17.8. The van der Waals surface area contributed by atoms with Crippen molar-refractivity contribution in [2.75, 3.05) is 37.9 Å². The van der Waals surface area contributed by atoms with E-state index in [4.69, 9.17) is 16.3 Å². The lowest BCUT2D eigenvalue weighted by molar-refractivity contribution is -0.111. The molecule has 0 bridgehead atoms. The molecule has 2 heterocycles. The highest BCUT2D eigenvalue weighted by Gasteiger charge is 2.35. The standard InChI is InChI=1S/C25H23ClFN5O2/c1-4-22(33)30-20-13-17-21(12-16(20)8-9-25(34-3)10-11-32(2)14-25)28-15-29-24(17)31-19-7-5-6-18(26)23(19)27/h4-7,12-13,15H,1,10-11,14H2,2-3H3,(H,30,33)(H,28,29,31)/t25-/m1/s1. The molecule has 1 aromatic heterocycles. The predicted octanol–water partition coefficient (Wildman–Crippen LogP) is 4.36. The van der Waals surface area contributed by atoms with Crippen LogP contribution in [0.5, 0.6) is 0 Å². The molecule has 9 heteroatoms. The second-order valence-electron chi connectivity index (χ2n) is 7.99. The molecule has 2 aromatic carbocycles. The van der Waals surface area contributed by atoms with Crippen LogP contribution in [-0.2, 0) is 9.53 Å². The number of methoxy groups -OCH3 is 1. The number of likely N-dealkylation sites (N-methyl/N-ethyl adjacent to an activating group) is 1. The van der Waals surface area contributed by atoms with Crippen molar-refractivity contribution in [3.8, 4) is 11.8 Å². The van der Waals surface area contributed by atoms with Gasteiger partial charge in [-0.05, 0) is 37.4 Å². The Morgan fingerprint density at radius 1 is 1.35 bits per heavy atom. The number of carbonyl (C=O) groups is 1. The van der Waals surface area contributed by atoms with Crippen molar-refractivity contribution in [2.24, 2.45) is 0 Å². The molecule has 1 saturated heterocycles. The fourth-order valence-corrected chi connectivity index (χ4v) is 3.96. The smallest absolute Gasteiger partial charge is 0.247 e. The van der Waals surface area contributed by atoms with Crippen LogP contribution in [0.1, 0.15) is 12.0 Å². The zero-order chi connectivity index (χ0) is 24.3. The SMILES string of the molecule is C=CC(=O)Nc1cc2c(Nc3cccc(Cl)c3F)ncnc2cc1C#C[C@@]1(OC)CCN(C)C1. The molecular formula is C25H23ClFN5O2. The summed E-state index contributed by atoms with van der Waals surface area (Å²) >= 11 is 5.91. The number of fused-ring (bicyclic) bond motifs is 1. The predicted molar refractivity (Wildman–Crippen MR) is 132 cm³/mol. The third kappa shape index (κ3) is 4.87. The Morgan fingerprint density at radius 3 is 2.88 bits per heavy atom. The maximum atomic E-state index is 14.5. The van der Waals surface area contributed by atoms with Gasteiger partial charge in [0.15, 0.2) is 5.82 Å². The number of nitrogens with one attached hydrogen (secondary N) is 2. The summed E-state index contributed by atoms with van der Waals surface area (Å²) in [6.07, 6.45) is 3.32. The van der Waals surface area contributed by atoms with Gasteiger partial charge in [-0.25, -0.2) is 14.4 Å². The summed E-state index contributed by atoms with van der Waals surface area (Å²) in [5.41, 5.74) is 1.15. The van der Waals surface area contributed by atoms with Gasteiger partial charge in [0.25, 0.3) is 0 Å². The topological polar surface area (TPSA) is 79.4 Å². The number of hydrogen-bond donors (Lipinski definition) is 2. The van der Waals surface area contributed by atoms with Crippen LogP contribution in [0.15, 0.2) is 49.3 Å². The molecule has 4 rings (SSSR count). The van der Waals surface area contributed by atoms with Gasteiger partial charge in [0.05, 0.1) is 27.5 Å². The van der Waals surface area contributed by atoms with Gasteiger partial charge in [-0.2, -0.15) is 0 Å². The molecule has 7 nitrogen and oxygen atoms in total. The van der Waals surface area contributed by atoms with E-state index in [1.165, 1.54) is 18.5 Å². The number of carbonyl (C=O) groups excluding carboxylic acids is 1. The highest BCUT2D eigenvalue weighted by atomic mass is 35.5. The zero-order valence-electron chi connectivity index (χ0n) is 18.8. The van der Waals surface area contributed by atoms with E-state index in [0.29, 0.717) is 34.5 Å². The van der Waals surface area contributed by atoms with Gasteiger partial charge in [0, 0.05) is 32.0 Å². The van der Waals surface area contributed by atoms with E-state index in [9.17, 15) is 9.18 Å². The van der Waals surface area contributed by atoms with Crippen LogP contribution in [0.3, 0.4) is 0 Å². The van der Waals surface area contributed by atoms with Crippen molar-refractivity contribution in [2.45, 2.75) is 12.0 Å². The van der Waals surface area contributed by atoms with Crippen molar-refractivity contribution in [1.29, 1.82) is 0 Å². The second-order valence-corrected chi connectivity index (χ2v) is 8.40. The summed E-state index contributed by atoms with van der Waals surface area (Å²) in [7, 11) is 3.66. The Bertz CT molecular complexity index is 1340. The number of benzene rings is 2. The summed E-state index contributed by atoms with van der Waals surface area (Å²) in [6, 6.07) is 8.10. The van der Waals surface area contributed by atoms with Crippen LogP contribution >= 0.6 is 11.6 Å². The van der Waals surface area contributed by atoms with Crippen molar-refractivity contribution >= 4 is 45.6 Å². The number of nitrogens with zero attached hydrogens (tertiary/aromatic N) is 3. The lowest BCUT2D eigenvalue weighted by atomic mass is 10.0. The van der Waals surface area contributed by atoms with Crippen molar-refractivity contribution in [1.82, 2.24) is 14.9 Å². The van der Waals surface area contributed by atoms with Crippen molar-refractivity contribution in [3.63, 3.8) is 0 Å². The summed E-state index contributed by atoms with van der Waals surface area (Å²) < 4.78 is 20.2. The first-order chi connectivity index (χ1) is 16.3. The summed E-state index contributed by atoms with van der Waals surface area (Å²) in [5, 5.41) is 6.31. The fraction of sp³-hybridized carbons (Fsp3) is 0.240. The number of hydrogen-bond acceptors (Lipinski definition) is 6. The van der Waals surface area contributed by atoms with Gasteiger partial charge in [-0.3, -0.25) is 4.79 Å². The van der Waals surface area contributed by atoms with Crippen LogP contribution in [0.4, 0.5) is 21.6 Å². The van der Waals surface area contributed by atoms with Gasteiger partial charge in [0.1, 0.15) is 17.7 Å². The molecule has 3 aromatic rings. The molecule has 1 atom stereocenters. The Balaban J connectivity index is 1.80. The summed E-state index contributed by atoms with van der Waals surface area (Å²) in [5.74, 6) is 5.78. The van der Waals surface area contributed by atoms with Crippen LogP contribution < -0.4 is 10.6 Å². The molecule has 1 aliphatic rings. The third-order valence-corrected chi connectivity index (χ3v) is 5.95. The number of anilines is 3. The van der Waals surface area contributed by atoms with Crippen molar-refractivity contribution < 1.29 is 13.9 Å². The molecule has 1 fully saturated rings. The maximum absolute atomic E-state index is 14.5. The third-order valence-electron chi connectivity index (χ3n) is 5.66. The molecule has 174 valence electrons. The van der Waals surface area contributed by atoms with E-state index < -0.39 is 17.3 Å². The Morgan fingerprint density at radius 2 is 2.18 bits per heavy atom. The number of halogens is 2.